The average molecular weight is 437 g/mol. The van der Waals surface area contributed by atoms with Gasteiger partial charge in [0.05, 0.1) is 18.7 Å². The van der Waals surface area contributed by atoms with Gasteiger partial charge in [0.1, 0.15) is 11.9 Å². The fraction of sp³-hybridized carbons (Fsp3) is 0.174. The molecule has 1 saturated heterocycles. The molecule has 2 aromatic carbocycles. The first kappa shape index (κ1) is 20.7. The summed E-state index contributed by atoms with van der Waals surface area (Å²) in [6.45, 7) is 2.10. The van der Waals surface area contributed by atoms with Crippen LogP contribution in [0.25, 0.3) is 0 Å². The first-order chi connectivity index (χ1) is 14.9. The van der Waals surface area contributed by atoms with Crippen LogP contribution in [0.3, 0.4) is 0 Å². The number of hydrogen-bond donors (Lipinski definition) is 1. The van der Waals surface area contributed by atoms with Crippen molar-refractivity contribution in [2.75, 3.05) is 10.2 Å². The van der Waals surface area contributed by atoms with E-state index >= 15 is 0 Å². The van der Waals surface area contributed by atoms with Gasteiger partial charge < -0.3 is 10.2 Å². The van der Waals surface area contributed by atoms with Gasteiger partial charge in [0, 0.05) is 10.6 Å². The maximum atomic E-state index is 13.4. The minimum Gasteiger partial charge on any atom is -0.326 e. The van der Waals surface area contributed by atoms with Crippen LogP contribution in [0.1, 0.15) is 16.9 Å². The van der Waals surface area contributed by atoms with Crippen LogP contribution in [0.5, 0.6) is 0 Å². The van der Waals surface area contributed by atoms with Crippen molar-refractivity contribution in [2.45, 2.75) is 25.9 Å². The quantitative estimate of drug-likeness (QED) is 0.575. The highest BCUT2D eigenvalue weighted by molar-refractivity contribution is 7.09. The highest BCUT2D eigenvalue weighted by Gasteiger charge is 2.46. The predicted octanol–water partition coefficient (Wildman–Crippen LogP) is 4.56. The van der Waals surface area contributed by atoms with E-state index in [2.05, 4.69) is 5.32 Å². The van der Waals surface area contributed by atoms with Gasteiger partial charge in [-0.3, -0.25) is 9.59 Å². The second-order valence-corrected chi connectivity index (χ2v) is 8.31. The van der Waals surface area contributed by atoms with Gasteiger partial charge in [0.15, 0.2) is 0 Å². The van der Waals surface area contributed by atoms with Crippen molar-refractivity contribution < 1.29 is 18.8 Å². The van der Waals surface area contributed by atoms with E-state index in [0.717, 1.165) is 15.3 Å². The maximum Gasteiger partial charge on any atom is 0.332 e. The number of carbonyl (C=O) groups excluding carboxylic acids is 3. The standard InChI is InChI=1S/C23H20FN3O3S/c1-15-5-2-8-18(11-15)27-22(29)20(26(23(27)30)14-19-9-4-10-31-19)13-21(28)25-17-7-3-6-16(24)12-17/h2-12,20H,13-14H2,1H3,(H,25,28)/t20-/m1/s1. The molecule has 4 rings (SSSR count). The molecule has 0 spiro atoms. The lowest BCUT2D eigenvalue weighted by Gasteiger charge is -2.21. The van der Waals surface area contributed by atoms with Gasteiger partial charge in [-0.15, -0.1) is 11.3 Å². The van der Waals surface area contributed by atoms with Crippen LogP contribution >= 0.6 is 11.3 Å². The molecular weight excluding hydrogens is 417 g/mol. The Morgan fingerprint density at radius 2 is 1.90 bits per heavy atom. The number of nitrogens with one attached hydrogen (secondary N) is 1. The summed E-state index contributed by atoms with van der Waals surface area (Å²) < 4.78 is 13.4. The third kappa shape index (κ3) is 4.49. The van der Waals surface area contributed by atoms with E-state index in [1.54, 1.807) is 24.3 Å². The summed E-state index contributed by atoms with van der Waals surface area (Å²) in [7, 11) is 0. The average Bonchev–Trinajstić information content (AvgIpc) is 3.31. The van der Waals surface area contributed by atoms with Gasteiger partial charge >= 0.3 is 6.03 Å². The fourth-order valence-corrected chi connectivity index (χ4v) is 4.25. The summed E-state index contributed by atoms with van der Waals surface area (Å²) in [5.74, 6) is -1.41. The zero-order valence-corrected chi connectivity index (χ0v) is 17.6. The summed E-state index contributed by atoms with van der Waals surface area (Å²) in [6.07, 6.45) is -0.227. The van der Waals surface area contributed by atoms with Gasteiger partial charge in [-0.2, -0.15) is 0 Å². The van der Waals surface area contributed by atoms with E-state index in [1.807, 2.05) is 30.5 Å². The number of hydrogen-bond acceptors (Lipinski definition) is 4. The number of halogens is 1. The van der Waals surface area contributed by atoms with Crippen molar-refractivity contribution >= 4 is 40.6 Å². The third-order valence-electron chi connectivity index (χ3n) is 4.97. The van der Waals surface area contributed by atoms with Crippen molar-refractivity contribution in [3.05, 3.63) is 82.3 Å². The van der Waals surface area contributed by atoms with Crippen LogP contribution in [0.4, 0.5) is 20.6 Å². The molecule has 8 heteroatoms. The number of imide groups is 1. The van der Waals surface area contributed by atoms with E-state index in [4.69, 9.17) is 0 Å². The SMILES string of the molecule is Cc1cccc(N2C(=O)[C@@H](CC(=O)Nc3cccc(F)c3)N(Cc3cccs3)C2=O)c1. The number of carbonyl (C=O) groups is 3. The van der Waals surface area contributed by atoms with Crippen molar-refractivity contribution in [2.24, 2.45) is 0 Å². The number of nitrogens with zero attached hydrogens (tertiary/aromatic N) is 2. The normalized spacial score (nSPS) is 16.1. The van der Waals surface area contributed by atoms with E-state index < -0.39 is 29.7 Å². The Morgan fingerprint density at radius 3 is 2.61 bits per heavy atom. The molecule has 2 heterocycles. The number of rotatable bonds is 6. The monoisotopic (exact) mass is 437 g/mol. The van der Waals surface area contributed by atoms with Gasteiger partial charge in [-0.1, -0.05) is 24.3 Å². The van der Waals surface area contributed by atoms with E-state index in [-0.39, 0.29) is 13.0 Å². The van der Waals surface area contributed by atoms with Gasteiger partial charge in [-0.25, -0.2) is 14.1 Å². The Labute approximate surface area is 182 Å². The molecule has 4 amide bonds. The lowest BCUT2D eigenvalue weighted by Crippen LogP contribution is -2.37. The van der Waals surface area contributed by atoms with Crippen LogP contribution in [-0.2, 0) is 16.1 Å². The molecule has 6 nitrogen and oxygen atoms in total. The zero-order valence-electron chi connectivity index (χ0n) is 16.7. The summed E-state index contributed by atoms with van der Waals surface area (Å²) >= 11 is 1.47. The number of thiophene rings is 1. The second kappa shape index (κ2) is 8.69. The molecule has 3 aromatic rings. The van der Waals surface area contributed by atoms with Gasteiger partial charge in [-0.05, 0) is 54.3 Å². The first-order valence-electron chi connectivity index (χ1n) is 9.71. The van der Waals surface area contributed by atoms with Crippen LogP contribution in [0.15, 0.2) is 66.0 Å². The molecule has 0 bridgehead atoms. The summed E-state index contributed by atoms with van der Waals surface area (Å²) in [4.78, 5) is 42.5. The van der Waals surface area contributed by atoms with Crippen molar-refractivity contribution in [1.82, 2.24) is 4.90 Å². The number of benzene rings is 2. The summed E-state index contributed by atoms with van der Waals surface area (Å²) in [6, 6.07) is 14.9. The molecule has 1 aliphatic heterocycles. The molecule has 1 atom stereocenters. The Morgan fingerprint density at radius 1 is 1.10 bits per heavy atom. The minimum absolute atomic E-state index is 0.225. The Hall–Kier alpha value is -3.52. The molecule has 0 radical (unpaired) electrons. The number of amides is 4. The number of aryl methyl sites for hydroxylation is 1. The highest BCUT2D eigenvalue weighted by Crippen LogP contribution is 2.30. The maximum absolute atomic E-state index is 13.4. The molecule has 0 saturated carbocycles. The second-order valence-electron chi connectivity index (χ2n) is 7.28. The van der Waals surface area contributed by atoms with Crippen LogP contribution in [-0.4, -0.2) is 28.8 Å². The summed E-state index contributed by atoms with van der Waals surface area (Å²) in [5, 5.41) is 4.49. The molecular formula is C23H20FN3O3S. The Bertz CT molecular complexity index is 1130. The van der Waals surface area contributed by atoms with E-state index in [9.17, 15) is 18.8 Å². The van der Waals surface area contributed by atoms with Crippen molar-refractivity contribution in [3.63, 3.8) is 0 Å². The Balaban J connectivity index is 1.59. The molecule has 1 N–H and O–H groups in total. The number of anilines is 2. The topological polar surface area (TPSA) is 69.7 Å². The molecule has 1 aromatic heterocycles. The van der Waals surface area contributed by atoms with Gasteiger partial charge in [0.2, 0.25) is 5.91 Å². The molecule has 1 aliphatic rings. The Kier molecular flexibility index (Phi) is 5.81. The first-order valence-corrected chi connectivity index (χ1v) is 10.6. The van der Waals surface area contributed by atoms with Gasteiger partial charge in [0.25, 0.3) is 5.91 Å². The zero-order chi connectivity index (χ0) is 22.0. The highest BCUT2D eigenvalue weighted by atomic mass is 32.1. The molecule has 0 aliphatic carbocycles. The lowest BCUT2D eigenvalue weighted by molar-refractivity contribution is -0.124. The van der Waals surface area contributed by atoms with E-state index in [1.165, 1.54) is 34.4 Å². The molecule has 0 unspecified atom stereocenters. The van der Waals surface area contributed by atoms with Crippen LogP contribution < -0.4 is 10.2 Å². The molecule has 31 heavy (non-hydrogen) atoms. The fourth-order valence-electron chi connectivity index (χ4n) is 3.54. The third-order valence-corrected chi connectivity index (χ3v) is 5.83. The van der Waals surface area contributed by atoms with Crippen LogP contribution in [0, 0.1) is 12.7 Å². The largest absolute Gasteiger partial charge is 0.332 e. The minimum atomic E-state index is -0.955. The van der Waals surface area contributed by atoms with Crippen LogP contribution in [0.2, 0.25) is 0 Å². The number of urea groups is 1. The van der Waals surface area contributed by atoms with E-state index in [0.29, 0.717) is 11.4 Å². The molecule has 1 fully saturated rings. The smallest absolute Gasteiger partial charge is 0.326 e. The van der Waals surface area contributed by atoms with Crippen molar-refractivity contribution in [1.29, 1.82) is 0 Å². The van der Waals surface area contributed by atoms with Crippen molar-refractivity contribution in [3.8, 4) is 0 Å². The molecule has 158 valence electrons. The predicted molar refractivity (Wildman–Crippen MR) is 117 cm³/mol. The summed E-state index contributed by atoms with van der Waals surface area (Å²) in [5.41, 5.74) is 1.68. The lowest BCUT2D eigenvalue weighted by atomic mass is 10.1.